The molecule has 2 saturated heterocycles. The summed E-state index contributed by atoms with van der Waals surface area (Å²) >= 11 is 0. The van der Waals surface area contributed by atoms with Crippen molar-refractivity contribution in [3.05, 3.63) is 58.6 Å². The molecular weight excluding hydrogens is 496 g/mol. The first-order chi connectivity index (χ1) is 17.9. The largest absolute Gasteiger partial charge is 0.353 e. The highest BCUT2D eigenvalue weighted by molar-refractivity contribution is 6.03. The van der Waals surface area contributed by atoms with Gasteiger partial charge in [0.2, 0.25) is 0 Å². The maximum atomic E-state index is 15.1. The first kappa shape index (κ1) is 29.9. The summed E-state index contributed by atoms with van der Waals surface area (Å²) in [6, 6.07) is 10.1. The molecule has 0 spiro atoms. The zero-order valence-electron chi connectivity index (χ0n) is 23.1. The van der Waals surface area contributed by atoms with Gasteiger partial charge in [-0.2, -0.15) is 4.98 Å². The zero-order chi connectivity index (χ0) is 28.3. The summed E-state index contributed by atoms with van der Waals surface area (Å²) in [5, 5.41) is 2.57. The van der Waals surface area contributed by atoms with E-state index in [9.17, 15) is 14.0 Å². The van der Waals surface area contributed by atoms with E-state index in [1.807, 2.05) is 20.8 Å². The number of carbonyl (C=O) groups is 1. The van der Waals surface area contributed by atoms with Crippen LogP contribution in [0.25, 0.3) is 0 Å². The summed E-state index contributed by atoms with van der Waals surface area (Å²) in [6.07, 6.45) is 0.886. The van der Waals surface area contributed by atoms with Crippen LogP contribution in [0.1, 0.15) is 71.0 Å². The molecule has 1 aromatic heterocycles. The van der Waals surface area contributed by atoms with Crippen molar-refractivity contribution in [3.63, 3.8) is 0 Å². The Balaban J connectivity index is 0.000000279. The summed E-state index contributed by atoms with van der Waals surface area (Å²) in [4.78, 5) is 28.4. The number of amides is 1. The van der Waals surface area contributed by atoms with Crippen molar-refractivity contribution in [1.29, 1.82) is 0 Å². The second-order valence-corrected chi connectivity index (χ2v) is 10.3. The van der Waals surface area contributed by atoms with Crippen LogP contribution in [0, 0.1) is 11.8 Å². The minimum Gasteiger partial charge on any atom is -0.353 e. The van der Waals surface area contributed by atoms with Gasteiger partial charge in [-0.25, -0.2) is 13.6 Å². The second-order valence-electron chi connectivity index (χ2n) is 10.3. The Labute approximate surface area is 222 Å². The lowest BCUT2D eigenvalue weighted by atomic mass is 9.88. The number of halogens is 2. The molecule has 2 aliphatic rings. The zero-order valence-corrected chi connectivity index (χ0v) is 23.1. The summed E-state index contributed by atoms with van der Waals surface area (Å²) in [7, 11) is 1.48. The van der Waals surface area contributed by atoms with Crippen molar-refractivity contribution in [2.75, 3.05) is 12.4 Å². The number of methoxy groups -OCH3 is 1. The fourth-order valence-electron chi connectivity index (χ4n) is 4.95. The van der Waals surface area contributed by atoms with Crippen molar-refractivity contribution in [2.24, 2.45) is 11.8 Å². The molecule has 2 fully saturated rings. The van der Waals surface area contributed by atoms with Crippen LogP contribution in [0.15, 0.2) is 47.4 Å². The number of ether oxygens (including phenoxy) is 3. The Bertz CT molecular complexity index is 1140. The molecule has 0 radical (unpaired) electrons. The third-order valence-electron chi connectivity index (χ3n) is 7.82. The molecule has 0 aliphatic carbocycles. The number of hydrogen-bond acceptors (Lipinski definition) is 6. The molecule has 0 bridgehead atoms. The van der Waals surface area contributed by atoms with E-state index in [1.54, 1.807) is 44.2 Å². The monoisotopic (exact) mass is 535 g/mol. The van der Waals surface area contributed by atoms with Crippen LogP contribution in [0.4, 0.5) is 14.6 Å². The van der Waals surface area contributed by atoms with E-state index in [0.29, 0.717) is 12.0 Å². The van der Waals surface area contributed by atoms with Crippen LogP contribution in [-0.4, -0.2) is 52.4 Å². The van der Waals surface area contributed by atoms with E-state index < -0.39 is 29.5 Å². The van der Waals surface area contributed by atoms with Gasteiger partial charge in [-0.3, -0.25) is 9.36 Å². The van der Waals surface area contributed by atoms with Gasteiger partial charge in [-0.1, -0.05) is 45.9 Å². The van der Waals surface area contributed by atoms with Crippen molar-refractivity contribution < 1.29 is 27.8 Å². The van der Waals surface area contributed by atoms with Gasteiger partial charge in [0.15, 0.2) is 23.9 Å². The van der Waals surface area contributed by atoms with Gasteiger partial charge in [0.25, 0.3) is 5.91 Å². The number of nitrogens with zero attached hydrogens (tertiary/aromatic N) is 2. The molecule has 2 aliphatic heterocycles. The summed E-state index contributed by atoms with van der Waals surface area (Å²) in [5.74, 6) is -0.699. The predicted molar refractivity (Wildman–Crippen MR) is 140 cm³/mol. The minimum absolute atomic E-state index is 0.00931. The molecule has 2 aromatic rings. The number of nitrogens with one attached hydrogen (secondary N) is 1. The number of carbonyl (C=O) groups excluding carboxylic acids is 1. The smallest absolute Gasteiger partial charge is 0.351 e. The maximum absolute atomic E-state index is 15.1. The van der Waals surface area contributed by atoms with E-state index in [-0.39, 0.29) is 35.8 Å². The van der Waals surface area contributed by atoms with Gasteiger partial charge in [0.1, 0.15) is 5.82 Å². The molecule has 8 nitrogen and oxygen atoms in total. The lowest BCUT2D eigenvalue weighted by Crippen LogP contribution is -2.38. The fraction of sp³-hybridized carbons (Fsp3) is 0.607. The van der Waals surface area contributed by atoms with Crippen molar-refractivity contribution >= 4 is 11.7 Å². The molecule has 3 heterocycles. The van der Waals surface area contributed by atoms with Gasteiger partial charge in [0.05, 0.1) is 12.2 Å². The maximum Gasteiger partial charge on any atom is 0.351 e. The lowest BCUT2D eigenvalue weighted by Gasteiger charge is -2.25. The molecule has 1 amide bonds. The van der Waals surface area contributed by atoms with Gasteiger partial charge in [0, 0.05) is 30.7 Å². The normalized spacial score (nSPS) is 34.4. The minimum atomic E-state index is -1.69. The van der Waals surface area contributed by atoms with E-state index in [2.05, 4.69) is 10.3 Å². The lowest BCUT2D eigenvalue weighted by molar-refractivity contribution is -0.159. The van der Waals surface area contributed by atoms with E-state index in [4.69, 9.17) is 14.2 Å². The van der Waals surface area contributed by atoms with Crippen molar-refractivity contribution in [3.8, 4) is 0 Å². The average molecular weight is 536 g/mol. The third kappa shape index (κ3) is 5.97. The van der Waals surface area contributed by atoms with E-state index >= 15 is 4.39 Å². The van der Waals surface area contributed by atoms with Crippen LogP contribution in [0.2, 0.25) is 0 Å². The summed E-state index contributed by atoms with van der Waals surface area (Å²) in [5.41, 5.74) is -3.27. The molecule has 8 atom stereocenters. The highest BCUT2D eigenvalue weighted by atomic mass is 19.1. The number of alkyl halides is 2. The van der Waals surface area contributed by atoms with Crippen molar-refractivity contribution in [2.45, 2.75) is 90.4 Å². The van der Waals surface area contributed by atoms with E-state index in [1.165, 1.54) is 26.3 Å². The number of aromatic nitrogens is 2. The molecule has 0 saturated carbocycles. The summed E-state index contributed by atoms with van der Waals surface area (Å²) in [6.45, 7) is 10.5. The molecule has 1 aromatic carbocycles. The standard InChI is InChI=1S/C19H22FN3O3.C9H17FO2/c1-4-14-12(2)19(3,20)17(26-14)23-11-10-15(22-18(23)25)21-16(24)13-8-6-5-7-9-13;1-5-7-6(2)9(3,10)8(11-4)12-7/h5-12,14,17H,4H2,1-3H3,(H,21,22,24,25);6-8H,5H2,1-4H3/t12?,14-,17-,19-;6?,7-,8-,9-/m11/s1. The molecule has 1 N–H and O–H groups in total. The molecule has 10 heteroatoms. The van der Waals surface area contributed by atoms with Crippen LogP contribution in [-0.2, 0) is 14.2 Å². The van der Waals surface area contributed by atoms with E-state index in [0.717, 1.165) is 11.0 Å². The topological polar surface area (TPSA) is 91.7 Å². The van der Waals surface area contributed by atoms with Gasteiger partial charge in [-0.05, 0) is 44.9 Å². The Kier molecular flexibility index (Phi) is 9.43. The van der Waals surface area contributed by atoms with Crippen LogP contribution < -0.4 is 11.0 Å². The Hall–Kier alpha value is -2.69. The quantitative estimate of drug-likeness (QED) is 0.540. The summed E-state index contributed by atoms with van der Waals surface area (Å²) < 4.78 is 46.2. The number of rotatable bonds is 6. The molecule has 2 unspecified atom stereocenters. The van der Waals surface area contributed by atoms with Crippen LogP contribution >= 0.6 is 0 Å². The SMILES string of the molecule is CC[C@H]1O[C@@H](OC)[C@](C)(F)C1C.CC[C@H]1O[C@@H](n2ccc(NC(=O)c3ccccc3)nc2=O)[C@](C)(F)C1C. The molecule has 38 heavy (non-hydrogen) atoms. The van der Waals surface area contributed by atoms with Gasteiger partial charge in [-0.15, -0.1) is 0 Å². The Morgan fingerprint density at radius 3 is 2.08 bits per heavy atom. The second kappa shape index (κ2) is 12.0. The highest BCUT2D eigenvalue weighted by Crippen LogP contribution is 2.45. The molecule has 210 valence electrons. The first-order valence-corrected chi connectivity index (χ1v) is 13.0. The Morgan fingerprint density at radius 1 is 1.03 bits per heavy atom. The van der Waals surface area contributed by atoms with Gasteiger partial charge >= 0.3 is 5.69 Å². The highest BCUT2D eigenvalue weighted by Gasteiger charge is 2.53. The average Bonchev–Trinajstić information content (AvgIpc) is 3.26. The number of anilines is 1. The number of hydrogen-bond donors (Lipinski definition) is 1. The van der Waals surface area contributed by atoms with Crippen LogP contribution in [0.3, 0.4) is 0 Å². The molecule has 4 rings (SSSR count). The fourth-order valence-corrected chi connectivity index (χ4v) is 4.95. The Morgan fingerprint density at radius 2 is 1.61 bits per heavy atom. The first-order valence-electron chi connectivity index (χ1n) is 13.0. The van der Waals surface area contributed by atoms with Gasteiger partial charge < -0.3 is 19.5 Å². The van der Waals surface area contributed by atoms with Crippen LogP contribution in [0.5, 0.6) is 0 Å². The third-order valence-corrected chi connectivity index (χ3v) is 7.82. The molecular formula is C28H39F2N3O5. The van der Waals surface area contributed by atoms with Crippen molar-refractivity contribution in [1.82, 2.24) is 9.55 Å². The number of benzene rings is 1. The predicted octanol–water partition coefficient (Wildman–Crippen LogP) is 5.30.